The minimum Gasteiger partial charge on any atom is -0.352 e. The lowest BCUT2D eigenvalue weighted by atomic mass is 10.1. The summed E-state index contributed by atoms with van der Waals surface area (Å²) in [6.07, 6.45) is -0.255. The summed E-state index contributed by atoms with van der Waals surface area (Å²) in [4.78, 5) is 38.2. The van der Waals surface area contributed by atoms with Gasteiger partial charge in [0.1, 0.15) is 6.23 Å². The summed E-state index contributed by atoms with van der Waals surface area (Å²) >= 11 is 0. The molecule has 0 bridgehead atoms. The van der Waals surface area contributed by atoms with Crippen LogP contribution in [0.25, 0.3) is 10.4 Å². The molecule has 1 aliphatic heterocycles. The molecule has 1 fully saturated rings. The van der Waals surface area contributed by atoms with Crippen LogP contribution in [0.1, 0.15) is 39.0 Å². The molecule has 0 amide bonds. The summed E-state index contributed by atoms with van der Waals surface area (Å²) < 4.78 is 28.8. The number of hydrogen-bond acceptors (Lipinski definition) is 7. The zero-order valence-corrected chi connectivity index (χ0v) is 16.3. The summed E-state index contributed by atoms with van der Waals surface area (Å²) in [6.45, 7) is 5.92. The second-order valence-electron chi connectivity index (χ2n) is 7.08. The molecular formula is C14H22N5O7P. The summed E-state index contributed by atoms with van der Waals surface area (Å²) in [5, 5.41) is 3.60. The largest absolute Gasteiger partial charge is 0.472 e. The number of hydrogen-bond donors (Lipinski definition) is 2. The Balaban J connectivity index is 2.17. The third-order valence-electron chi connectivity index (χ3n) is 3.65. The molecule has 1 aliphatic rings. The Morgan fingerprint density at radius 2 is 2.19 bits per heavy atom. The van der Waals surface area contributed by atoms with Crippen molar-refractivity contribution >= 4 is 7.82 Å². The third kappa shape index (κ3) is 5.77. The number of azide groups is 1. The average molecular weight is 403 g/mol. The van der Waals surface area contributed by atoms with Gasteiger partial charge in [-0.05, 0) is 33.2 Å². The van der Waals surface area contributed by atoms with Crippen LogP contribution in [0, 0.1) is 6.92 Å². The lowest BCUT2D eigenvalue weighted by Crippen LogP contribution is -2.33. The molecule has 12 nitrogen and oxygen atoms in total. The maximum atomic E-state index is 12.0. The molecule has 2 N–H and O–H groups in total. The van der Waals surface area contributed by atoms with Crippen LogP contribution in [-0.4, -0.2) is 38.8 Å². The van der Waals surface area contributed by atoms with E-state index < -0.39 is 43.0 Å². The van der Waals surface area contributed by atoms with Crippen LogP contribution in [0.4, 0.5) is 0 Å². The maximum Gasteiger partial charge on any atom is 0.472 e. The number of aromatic nitrogens is 2. The maximum absolute atomic E-state index is 12.0. The zero-order valence-electron chi connectivity index (χ0n) is 15.4. The van der Waals surface area contributed by atoms with Gasteiger partial charge < -0.3 is 9.63 Å². The van der Waals surface area contributed by atoms with Gasteiger partial charge in [-0.25, -0.2) is 9.36 Å². The Bertz CT molecular complexity index is 898. The van der Waals surface area contributed by atoms with E-state index in [2.05, 4.69) is 15.0 Å². The number of nitrogens with zero attached hydrogens (tertiary/aromatic N) is 4. The van der Waals surface area contributed by atoms with Gasteiger partial charge in [0.2, 0.25) is 0 Å². The van der Waals surface area contributed by atoms with Crippen LogP contribution in [0.2, 0.25) is 0 Å². The van der Waals surface area contributed by atoms with Crippen molar-refractivity contribution in [1.82, 2.24) is 9.55 Å². The summed E-state index contributed by atoms with van der Waals surface area (Å²) in [5.74, 6) is 0. The predicted molar refractivity (Wildman–Crippen MR) is 94.1 cm³/mol. The van der Waals surface area contributed by atoms with Crippen molar-refractivity contribution in [2.45, 2.75) is 58.1 Å². The first-order valence-corrected chi connectivity index (χ1v) is 9.61. The van der Waals surface area contributed by atoms with E-state index in [1.807, 2.05) is 0 Å². The number of nitrogens with one attached hydrogen (secondary N) is 1. The number of aromatic amines is 1. The van der Waals surface area contributed by atoms with E-state index in [1.165, 1.54) is 17.7 Å². The topological polar surface area (TPSA) is 169 Å². The van der Waals surface area contributed by atoms with Crippen LogP contribution in [-0.2, 0) is 18.3 Å². The Morgan fingerprint density at radius 3 is 2.78 bits per heavy atom. The van der Waals surface area contributed by atoms with Gasteiger partial charge in [0, 0.05) is 23.1 Å². The number of phosphoric acid groups is 1. The average Bonchev–Trinajstić information content (AvgIpc) is 2.90. The van der Waals surface area contributed by atoms with Gasteiger partial charge in [-0.15, -0.1) is 0 Å². The fraction of sp³-hybridized carbons (Fsp3) is 0.714. The lowest BCUT2D eigenvalue weighted by molar-refractivity contribution is -0.0330. The molecule has 2 heterocycles. The Hall–Kier alpha value is -1.94. The SMILES string of the molecule is Cc1cn([C@H]2C[C@H](N=[N+]=[N-])[C@@H](COP(=O)(O)OC(C)(C)C)O2)c(=O)[nH]c1=O. The highest BCUT2D eigenvalue weighted by atomic mass is 31.2. The van der Waals surface area contributed by atoms with Gasteiger partial charge in [0.05, 0.1) is 24.4 Å². The van der Waals surface area contributed by atoms with E-state index in [-0.39, 0.29) is 13.0 Å². The quantitative estimate of drug-likeness (QED) is 0.315. The number of ether oxygens (including phenoxy) is 1. The molecule has 0 aliphatic carbocycles. The number of H-pyrrole nitrogens is 1. The minimum absolute atomic E-state index is 0.124. The standard InChI is InChI=1S/C14H22N5O7P/c1-8-6-19(13(21)16-12(8)20)11-5-9(17-18-15)10(25-11)7-24-27(22,23)26-14(2,3)4/h6,9-11H,5,7H2,1-4H3,(H,22,23)(H,16,20,21)/t9-,10+,11+/m0/s1. The van der Waals surface area contributed by atoms with Gasteiger partial charge >= 0.3 is 13.5 Å². The van der Waals surface area contributed by atoms with Crippen molar-refractivity contribution < 1.29 is 23.2 Å². The van der Waals surface area contributed by atoms with E-state index in [9.17, 15) is 19.0 Å². The van der Waals surface area contributed by atoms with Crippen molar-refractivity contribution in [3.05, 3.63) is 43.0 Å². The van der Waals surface area contributed by atoms with E-state index in [1.54, 1.807) is 20.8 Å². The molecule has 27 heavy (non-hydrogen) atoms. The highest BCUT2D eigenvalue weighted by Gasteiger charge is 2.39. The molecule has 1 saturated heterocycles. The lowest BCUT2D eigenvalue weighted by Gasteiger charge is -2.24. The predicted octanol–water partition coefficient (Wildman–Crippen LogP) is 1.74. The molecule has 0 aromatic carbocycles. The fourth-order valence-corrected chi connectivity index (χ4v) is 3.64. The van der Waals surface area contributed by atoms with E-state index in [0.29, 0.717) is 5.56 Å². The summed E-state index contributed by atoms with van der Waals surface area (Å²) in [5.41, 5.74) is 6.94. The third-order valence-corrected chi connectivity index (χ3v) is 4.91. The van der Waals surface area contributed by atoms with Crippen LogP contribution < -0.4 is 11.2 Å². The minimum atomic E-state index is -4.36. The second-order valence-corrected chi connectivity index (χ2v) is 8.46. The van der Waals surface area contributed by atoms with Crippen LogP contribution in [0.5, 0.6) is 0 Å². The van der Waals surface area contributed by atoms with Crippen molar-refractivity contribution in [1.29, 1.82) is 0 Å². The van der Waals surface area contributed by atoms with Crippen molar-refractivity contribution in [2.75, 3.05) is 6.61 Å². The second kappa shape index (κ2) is 7.97. The summed E-state index contributed by atoms with van der Waals surface area (Å²) in [6, 6.07) is -0.742. The van der Waals surface area contributed by atoms with Gasteiger partial charge in [0.15, 0.2) is 0 Å². The molecule has 4 atom stereocenters. The molecule has 1 aromatic rings. The molecule has 13 heteroatoms. The Labute approximate surface area is 154 Å². The van der Waals surface area contributed by atoms with Gasteiger partial charge in [-0.1, -0.05) is 5.11 Å². The van der Waals surface area contributed by atoms with E-state index in [4.69, 9.17) is 19.3 Å². The highest BCUT2D eigenvalue weighted by molar-refractivity contribution is 7.47. The highest BCUT2D eigenvalue weighted by Crippen LogP contribution is 2.48. The summed E-state index contributed by atoms with van der Waals surface area (Å²) in [7, 11) is -4.36. The molecule has 0 saturated carbocycles. The fourth-order valence-electron chi connectivity index (χ4n) is 2.56. The van der Waals surface area contributed by atoms with Crippen molar-refractivity contribution in [3.63, 3.8) is 0 Å². The van der Waals surface area contributed by atoms with E-state index in [0.717, 1.165) is 0 Å². The molecule has 1 unspecified atom stereocenters. The first-order chi connectivity index (χ1) is 12.4. The number of aryl methyl sites for hydroxylation is 1. The first kappa shape index (κ1) is 21.4. The first-order valence-electron chi connectivity index (χ1n) is 8.12. The number of phosphoric ester groups is 1. The van der Waals surface area contributed by atoms with Crippen LogP contribution >= 0.6 is 7.82 Å². The van der Waals surface area contributed by atoms with Gasteiger partial charge in [0.25, 0.3) is 5.56 Å². The van der Waals surface area contributed by atoms with Gasteiger partial charge in [-0.2, -0.15) is 0 Å². The molecule has 2 rings (SSSR count). The molecular weight excluding hydrogens is 381 g/mol. The smallest absolute Gasteiger partial charge is 0.352 e. The van der Waals surface area contributed by atoms with Crippen molar-refractivity contribution in [2.24, 2.45) is 5.11 Å². The molecule has 0 radical (unpaired) electrons. The van der Waals surface area contributed by atoms with E-state index >= 15 is 0 Å². The van der Waals surface area contributed by atoms with Crippen molar-refractivity contribution in [3.8, 4) is 0 Å². The number of rotatable bonds is 6. The van der Waals surface area contributed by atoms with Crippen LogP contribution in [0.15, 0.2) is 20.9 Å². The normalized spacial score (nSPS) is 25.0. The monoisotopic (exact) mass is 403 g/mol. The Kier molecular flexibility index (Phi) is 6.31. The zero-order chi connectivity index (χ0) is 20.4. The van der Waals surface area contributed by atoms with Gasteiger partial charge in [-0.3, -0.25) is 23.4 Å². The molecule has 150 valence electrons. The van der Waals surface area contributed by atoms with Crippen LogP contribution in [0.3, 0.4) is 0 Å². The molecule has 1 aromatic heterocycles. The molecule has 0 spiro atoms. The Morgan fingerprint density at radius 1 is 1.52 bits per heavy atom.